The fourth-order valence-electron chi connectivity index (χ4n) is 5.20. The second-order valence-corrected chi connectivity index (χ2v) is 12.7. The molecule has 206 valence electrons. The largest absolute Gasteiger partial charge is 0.481 e. The van der Waals surface area contributed by atoms with Crippen LogP contribution in [0.3, 0.4) is 0 Å². The number of thioether (sulfide) groups is 1. The van der Waals surface area contributed by atoms with Crippen LogP contribution >= 0.6 is 11.8 Å². The molecule has 1 aliphatic carbocycles. The molecule has 5 heteroatoms. The van der Waals surface area contributed by atoms with Gasteiger partial charge in [-0.05, 0) is 98.2 Å². The van der Waals surface area contributed by atoms with E-state index in [2.05, 4.69) is 68.5 Å². The highest BCUT2D eigenvalue weighted by atomic mass is 32.2. The lowest BCUT2D eigenvalue weighted by molar-refractivity contribution is -0.138. The Morgan fingerprint density at radius 2 is 1.87 bits per heavy atom. The van der Waals surface area contributed by atoms with E-state index in [1.807, 2.05) is 43.8 Å². The minimum Gasteiger partial charge on any atom is -0.481 e. The Kier molecular flexibility index (Phi) is 9.35. The van der Waals surface area contributed by atoms with Crippen molar-refractivity contribution in [1.82, 2.24) is 4.98 Å². The first kappa shape index (κ1) is 29.1. The number of carboxylic acid groups (broad SMARTS) is 1. The summed E-state index contributed by atoms with van der Waals surface area (Å²) in [5.41, 5.74) is 6.85. The maximum atomic E-state index is 11.5. The van der Waals surface area contributed by atoms with Gasteiger partial charge in [-0.3, -0.25) is 9.78 Å². The lowest BCUT2D eigenvalue weighted by Crippen LogP contribution is -2.18. The molecule has 1 aliphatic rings. The monoisotopic (exact) mass is 543 g/mol. The number of aryl methyl sites for hydroxylation is 3. The number of benzene rings is 2. The van der Waals surface area contributed by atoms with Gasteiger partial charge >= 0.3 is 5.97 Å². The summed E-state index contributed by atoms with van der Waals surface area (Å²) >= 11 is 1.89. The van der Waals surface area contributed by atoms with Crippen LogP contribution in [0.1, 0.15) is 90.9 Å². The summed E-state index contributed by atoms with van der Waals surface area (Å²) in [6.07, 6.45) is 9.11. The highest BCUT2D eigenvalue weighted by molar-refractivity contribution is 7.99. The second kappa shape index (κ2) is 12.5. The molecule has 0 radical (unpaired) electrons. The number of hydrogen-bond acceptors (Lipinski definition) is 4. The quantitative estimate of drug-likeness (QED) is 0.228. The molecule has 39 heavy (non-hydrogen) atoms. The van der Waals surface area contributed by atoms with Gasteiger partial charge in [-0.2, -0.15) is 11.8 Å². The lowest BCUT2D eigenvalue weighted by Gasteiger charge is -2.24. The van der Waals surface area contributed by atoms with Crippen molar-refractivity contribution >= 4 is 29.9 Å². The molecular formula is C34H41NO3S. The van der Waals surface area contributed by atoms with Crippen LogP contribution in [0.25, 0.3) is 12.2 Å². The molecule has 4 nitrogen and oxygen atoms in total. The average Bonchev–Trinajstić information content (AvgIpc) is 3.66. The third-order valence-corrected chi connectivity index (χ3v) is 9.40. The molecule has 3 aromatic rings. The van der Waals surface area contributed by atoms with E-state index in [9.17, 15) is 15.0 Å². The summed E-state index contributed by atoms with van der Waals surface area (Å²) in [5.74, 6) is 0.149. The van der Waals surface area contributed by atoms with Gasteiger partial charge < -0.3 is 10.2 Å². The van der Waals surface area contributed by atoms with Gasteiger partial charge in [0.15, 0.2) is 0 Å². The van der Waals surface area contributed by atoms with E-state index in [-0.39, 0.29) is 17.1 Å². The molecule has 0 bridgehead atoms. The number of carbonyl (C=O) groups is 1. The molecule has 0 saturated heterocycles. The van der Waals surface area contributed by atoms with E-state index in [1.165, 1.54) is 11.1 Å². The van der Waals surface area contributed by atoms with Gasteiger partial charge in [-0.25, -0.2) is 0 Å². The van der Waals surface area contributed by atoms with Crippen LogP contribution in [0.4, 0.5) is 0 Å². The maximum Gasteiger partial charge on any atom is 0.303 e. The minimum atomic E-state index is -0.898. The molecule has 0 aliphatic heterocycles. The number of rotatable bonds is 13. The average molecular weight is 544 g/mol. The molecule has 4 rings (SSSR count). The molecule has 1 heterocycles. The van der Waals surface area contributed by atoms with Crippen molar-refractivity contribution in [2.75, 3.05) is 5.75 Å². The van der Waals surface area contributed by atoms with E-state index < -0.39 is 11.6 Å². The Balaban J connectivity index is 1.56. The van der Waals surface area contributed by atoms with Crippen LogP contribution in [-0.2, 0) is 23.2 Å². The van der Waals surface area contributed by atoms with E-state index in [0.717, 1.165) is 65.9 Å². The zero-order valence-corrected chi connectivity index (χ0v) is 24.4. The third-order valence-electron chi connectivity index (χ3n) is 7.71. The lowest BCUT2D eigenvalue weighted by atomic mass is 9.90. The number of pyridine rings is 1. The van der Waals surface area contributed by atoms with Crippen LogP contribution < -0.4 is 0 Å². The second-order valence-electron chi connectivity index (χ2n) is 11.5. The summed E-state index contributed by atoms with van der Waals surface area (Å²) in [4.78, 5) is 16.2. The molecule has 2 aromatic carbocycles. The van der Waals surface area contributed by atoms with Crippen molar-refractivity contribution in [2.45, 2.75) is 77.1 Å². The first-order chi connectivity index (χ1) is 18.6. The highest BCUT2D eigenvalue weighted by Gasteiger charge is 2.44. The van der Waals surface area contributed by atoms with Gasteiger partial charge in [0.2, 0.25) is 0 Å². The summed E-state index contributed by atoms with van der Waals surface area (Å²) < 4.78 is 0. The SMILES string of the molecule is CCc1nc(/C=C/c2cccc([C@@H](CCc3ccccc3C(C)(C)O)SCC3(CC(=O)O)CC3)c2)ccc1C. The van der Waals surface area contributed by atoms with Crippen LogP contribution in [0, 0.1) is 12.3 Å². The van der Waals surface area contributed by atoms with Gasteiger partial charge in [0.25, 0.3) is 0 Å². The van der Waals surface area contributed by atoms with Crippen LogP contribution in [0.2, 0.25) is 0 Å². The van der Waals surface area contributed by atoms with Gasteiger partial charge in [-0.15, -0.1) is 0 Å². The Morgan fingerprint density at radius 3 is 2.56 bits per heavy atom. The first-order valence-corrected chi connectivity index (χ1v) is 15.0. The zero-order chi connectivity index (χ0) is 28.0. The Labute approximate surface area is 237 Å². The normalized spacial score (nSPS) is 15.4. The van der Waals surface area contributed by atoms with Gasteiger partial charge in [0, 0.05) is 16.7 Å². The van der Waals surface area contributed by atoms with E-state index >= 15 is 0 Å². The molecule has 0 spiro atoms. The van der Waals surface area contributed by atoms with Gasteiger partial charge in [0.1, 0.15) is 0 Å². The molecule has 2 N–H and O–H groups in total. The smallest absolute Gasteiger partial charge is 0.303 e. The number of aromatic nitrogens is 1. The molecule has 1 saturated carbocycles. The summed E-state index contributed by atoms with van der Waals surface area (Å²) in [6, 6.07) is 21.0. The number of aliphatic carboxylic acids is 1. The van der Waals surface area contributed by atoms with Crippen molar-refractivity contribution in [1.29, 1.82) is 0 Å². The summed E-state index contributed by atoms with van der Waals surface area (Å²) in [6.45, 7) is 7.90. The topological polar surface area (TPSA) is 70.4 Å². The summed E-state index contributed by atoms with van der Waals surface area (Å²) in [5, 5.41) is 20.4. The Hall–Kier alpha value is -2.89. The van der Waals surface area contributed by atoms with Crippen molar-refractivity contribution in [3.63, 3.8) is 0 Å². The predicted octanol–water partition coefficient (Wildman–Crippen LogP) is 8.01. The van der Waals surface area contributed by atoms with Crippen molar-refractivity contribution in [2.24, 2.45) is 5.41 Å². The molecule has 1 aromatic heterocycles. The van der Waals surface area contributed by atoms with E-state index in [4.69, 9.17) is 4.98 Å². The number of aliphatic hydroxyl groups is 1. The number of carboxylic acids is 1. The molecule has 0 amide bonds. The molecule has 0 unspecified atom stereocenters. The van der Waals surface area contributed by atoms with Crippen LogP contribution in [0.5, 0.6) is 0 Å². The van der Waals surface area contributed by atoms with Crippen molar-refractivity contribution in [3.05, 3.63) is 99.9 Å². The van der Waals surface area contributed by atoms with Gasteiger partial charge in [0.05, 0.1) is 17.7 Å². The van der Waals surface area contributed by atoms with Crippen LogP contribution in [0.15, 0.2) is 60.7 Å². The van der Waals surface area contributed by atoms with E-state index in [0.29, 0.717) is 0 Å². The fraction of sp³-hybridized carbons (Fsp3) is 0.412. The molecular weight excluding hydrogens is 502 g/mol. The van der Waals surface area contributed by atoms with Crippen molar-refractivity contribution in [3.8, 4) is 0 Å². The fourth-order valence-corrected chi connectivity index (χ4v) is 6.77. The summed E-state index contributed by atoms with van der Waals surface area (Å²) in [7, 11) is 0. The Morgan fingerprint density at radius 1 is 1.10 bits per heavy atom. The molecule has 1 atom stereocenters. The number of nitrogens with zero attached hydrogens (tertiary/aromatic N) is 1. The third kappa shape index (κ3) is 8.06. The van der Waals surface area contributed by atoms with Gasteiger partial charge in [-0.1, -0.05) is 67.6 Å². The minimum absolute atomic E-state index is 0.0641. The zero-order valence-electron chi connectivity index (χ0n) is 23.6. The first-order valence-electron chi connectivity index (χ1n) is 14.0. The van der Waals surface area contributed by atoms with Crippen LogP contribution in [-0.4, -0.2) is 26.9 Å². The standard InChI is InChI=1S/C34H41NO3S/c1-5-30-24(2)13-16-28(35-30)17-14-25-9-8-11-27(21-25)31(39-23-34(19-20-34)22-32(36)37)18-15-26-10-6-7-12-29(26)33(3,4)38/h6-14,16-17,21,31,38H,5,15,18-20,22-23H2,1-4H3,(H,36,37)/b17-14+/t31-/m1/s1. The van der Waals surface area contributed by atoms with Crippen molar-refractivity contribution < 1.29 is 15.0 Å². The number of hydrogen-bond donors (Lipinski definition) is 2. The predicted molar refractivity (Wildman–Crippen MR) is 163 cm³/mol. The Bertz CT molecular complexity index is 1320. The van der Waals surface area contributed by atoms with E-state index in [1.54, 1.807) is 0 Å². The molecule has 1 fully saturated rings. The maximum absolute atomic E-state index is 11.5. The highest BCUT2D eigenvalue weighted by Crippen LogP contribution is 2.53.